The van der Waals surface area contributed by atoms with Gasteiger partial charge >= 0.3 is 0 Å². The number of nitrogens with two attached hydrogens (primary N) is 1. The number of nitrogens with zero attached hydrogens (tertiary/aromatic N) is 4. The van der Waals surface area contributed by atoms with Gasteiger partial charge in [0.2, 0.25) is 11.1 Å². The average Bonchev–Trinajstić information content (AvgIpc) is 3.18. The summed E-state index contributed by atoms with van der Waals surface area (Å²) in [6.07, 6.45) is 5.88. The lowest BCUT2D eigenvalue weighted by Crippen LogP contribution is -2.59. The SMILES string of the molecule is Nn1c(SCC(=O)NCC2(N3CCOCC3)CCCCC2)nnc1-c1ccc(F)cc1. The van der Waals surface area contributed by atoms with Gasteiger partial charge in [0.1, 0.15) is 5.82 Å². The highest BCUT2D eigenvalue weighted by atomic mass is 32.2. The highest BCUT2D eigenvalue weighted by Gasteiger charge is 2.38. The highest BCUT2D eigenvalue weighted by molar-refractivity contribution is 7.99. The number of halogens is 1. The molecular weight excluding hydrogens is 419 g/mol. The maximum absolute atomic E-state index is 13.1. The van der Waals surface area contributed by atoms with Crippen LogP contribution in [-0.2, 0) is 9.53 Å². The highest BCUT2D eigenvalue weighted by Crippen LogP contribution is 2.34. The lowest BCUT2D eigenvalue weighted by Gasteiger charge is -2.48. The lowest BCUT2D eigenvalue weighted by atomic mass is 9.79. The van der Waals surface area contributed by atoms with Crippen molar-refractivity contribution in [1.29, 1.82) is 0 Å². The number of hydrogen-bond donors (Lipinski definition) is 2. The van der Waals surface area contributed by atoms with E-state index in [-0.39, 0.29) is 23.0 Å². The molecule has 1 saturated heterocycles. The van der Waals surface area contributed by atoms with Gasteiger partial charge in [0.25, 0.3) is 0 Å². The molecule has 1 amide bonds. The van der Waals surface area contributed by atoms with Gasteiger partial charge in [-0.25, -0.2) is 9.07 Å². The molecule has 0 unspecified atom stereocenters. The molecule has 1 aliphatic heterocycles. The number of hydrogen-bond acceptors (Lipinski definition) is 7. The van der Waals surface area contributed by atoms with Gasteiger partial charge in [-0.3, -0.25) is 9.69 Å². The minimum atomic E-state index is -0.328. The first-order chi connectivity index (χ1) is 15.1. The van der Waals surface area contributed by atoms with Gasteiger partial charge < -0.3 is 15.9 Å². The van der Waals surface area contributed by atoms with Crippen LogP contribution in [0.4, 0.5) is 4.39 Å². The number of morpholine rings is 1. The van der Waals surface area contributed by atoms with Crippen LogP contribution in [0.15, 0.2) is 29.4 Å². The van der Waals surface area contributed by atoms with E-state index < -0.39 is 0 Å². The fourth-order valence-corrected chi connectivity index (χ4v) is 5.15. The lowest BCUT2D eigenvalue weighted by molar-refractivity contribution is -0.119. The van der Waals surface area contributed by atoms with Gasteiger partial charge in [-0.1, -0.05) is 31.0 Å². The Morgan fingerprint density at radius 2 is 1.87 bits per heavy atom. The number of carbonyl (C=O) groups excluding carboxylic acids is 1. The molecule has 2 fully saturated rings. The molecule has 2 aromatic rings. The molecule has 1 aliphatic carbocycles. The van der Waals surface area contributed by atoms with Crippen molar-refractivity contribution in [1.82, 2.24) is 25.1 Å². The largest absolute Gasteiger partial charge is 0.379 e. The van der Waals surface area contributed by atoms with Gasteiger partial charge in [0.05, 0.1) is 19.0 Å². The number of thioether (sulfide) groups is 1. The fraction of sp³-hybridized carbons (Fsp3) is 0.571. The zero-order valence-corrected chi connectivity index (χ0v) is 18.4. The summed E-state index contributed by atoms with van der Waals surface area (Å²) in [5, 5.41) is 11.7. The van der Waals surface area contributed by atoms with Gasteiger partial charge in [-0.15, -0.1) is 10.2 Å². The Morgan fingerprint density at radius 3 is 2.58 bits per heavy atom. The second-order valence-electron chi connectivity index (χ2n) is 8.13. The number of nitrogen functional groups attached to an aromatic ring is 1. The molecule has 0 atom stereocenters. The predicted octanol–water partition coefficient (Wildman–Crippen LogP) is 2.04. The zero-order chi connectivity index (χ0) is 21.7. The minimum absolute atomic E-state index is 0.0337. The molecule has 0 bridgehead atoms. The molecule has 3 N–H and O–H groups in total. The third kappa shape index (κ3) is 5.19. The van der Waals surface area contributed by atoms with Crippen LogP contribution in [0.2, 0.25) is 0 Å². The summed E-state index contributed by atoms with van der Waals surface area (Å²) < 4.78 is 20.0. The summed E-state index contributed by atoms with van der Waals surface area (Å²) in [7, 11) is 0. The first-order valence-corrected chi connectivity index (χ1v) is 11.7. The van der Waals surface area contributed by atoms with Crippen LogP contribution in [0.1, 0.15) is 32.1 Å². The first kappa shape index (κ1) is 22.0. The standard InChI is InChI=1S/C21H29FN6O2S/c22-17-6-4-16(5-7-17)19-25-26-20(28(19)23)31-14-18(29)24-15-21(8-2-1-3-9-21)27-10-12-30-13-11-27/h4-7H,1-3,8-15,23H2,(H,24,29). The van der Waals surface area contributed by atoms with Crippen LogP contribution in [0.3, 0.4) is 0 Å². The van der Waals surface area contributed by atoms with Crippen molar-refractivity contribution >= 4 is 17.7 Å². The molecule has 0 spiro atoms. The summed E-state index contributed by atoms with van der Waals surface area (Å²) in [5.74, 6) is 6.35. The molecule has 0 radical (unpaired) electrons. The van der Waals surface area contributed by atoms with Crippen LogP contribution in [-0.4, -0.2) is 69.8 Å². The van der Waals surface area contributed by atoms with Crippen LogP contribution in [0.5, 0.6) is 0 Å². The van der Waals surface area contributed by atoms with Crippen molar-refractivity contribution in [2.75, 3.05) is 44.4 Å². The maximum atomic E-state index is 13.1. The van der Waals surface area contributed by atoms with E-state index in [1.807, 2.05) is 0 Å². The summed E-state index contributed by atoms with van der Waals surface area (Å²) >= 11 is 1.24. The number of amides is 1. The van der Waals surface area contributed by atoms with Crippen molar-refractivity contribution in [2.24, 2.45) is 0 Å². The second-order valence-corrected chi connectivity index (χ2v) is 9.08. The van der Waals surface area contributed by atoms with Gasteiger partial charge in [-0.2, -0.15) is 0 Å². The zero-order valence-electron chi connectivity index (χ0n) is 17.6. The Kier molecular flexibility index (Phi) is 7.09. The Morgan fingerprint density at radius 1 is 1.16 bits per heavy atom. The minimum Gasteiger partial charge on any atom is -0.379 e. The van der Waals surface area contributed by atoms with Crippen LogP contribution in [0.25, 0.3) is 11.4 Å². The van der Waals surface area contributed by atoms with Gasteiger partial charge in [0.15, 0.2) is 5.82 Å². The first-order valence-electron chi connectivity index (χ1n) is 10.8. The number of carbonyl (C=O) groups is 1. The van der Waals surface area contributed by atoms with E-state index in [0.29, 0.717) is 23.1 Å². The van der Waals surface area contributed by atoms with E-state index in [4.69, 9.17) is 10.6 Å². The number of aromatic nitrogens is 3. The average molecular weight is 449 g/mol. The Labute approximate surface area is 185 Å². The molecule has 1 saturated carbocycles. The van der Waals surface area contributed by atoms with Crippen LogP contribution < -0.4 is 11.2 Å². The number of rotatable bonds is 7. The predicted molar refractivity (Wildman–Crippen MR) is 118 cm³/mol. The van der Waals surface area contributed by atoms with E-state index in [2.05, 4.69) is 20.4 Å². The molecule has 4 rings (SSSR count). The molecule has 2 aliphatic rings. The molecular formula is C21H29FN6O2S. The normalized spacial score (nSPS) is 19.3. The molecule has 31 heavy (non-hydrogen) atoms. The summed E-state index contributed by atoms with van der Waals surface area (Å²) in [5.41, 5.74) is 0.698. The monoisotopic (exact) mass is 448 g/mol. The fourth-order valence-electron chi connectivity index (χ4n) is 4.47. The third-order valence-electron chi connectivity index (χ3n) is 6.18. The molecule has 2 heterocycles. The smallest absolute Gasteiger partial charge is 0.230 e. The number of nitrogens with one attached hydrogen (secondary N) is 1. The third-order valence-corrected chi connectivity index (χ3v) is 7.12. The van der Waals surface area contributed by atoms with Crippen LogP contribution >= 0.6 is 11.8 Å². The van der Waals surface area contributed by atoms with E-state index in [1.165, 1.54) is 47.8 Å². The molecule has 168 valence electrons. The molecule has 1 aromatic carbocycles. The summed E-state index contributed by atoms with van der Waals surface area (Å²) in [6, 6.07) is 5.89. The van der Waals surface area contributed by atoms with E-state index in [9.17, 15) is 9.18 Å². The van der Waals surface area contributed by atoms with Crippen molar-refractivity contribution in [3.8, 4) is 11.4 Å². The van der Waals surface area contributed by atoms with E-state index >= 15 is 0 Å². The Hall–Kier alpha value is -2.17. The Bertz CT molecular complexity index is 878. The number of ether oxygens (including phenoxy) is 1. The second kappa shape index (κ2) is 9.97. The van der Waals surface area contributed by atoms with Gasteiger partial charge in [-0.05, 0) is 37.1 Å². The molecule has 1 aromatic heterocycles. The molecule has 8 nitrogen and oxygen atoms in total. The van der Waals surface area contributed by atoms with E-state index in [1.54, 1.807) is 12.1 Å². The van der Waals surface area contributed by atoms with Gasteiger partial charge in [0, 0.05) is 30.7 Å². The van der Waals surface area contributed by atoms with Crippen molar-refractivity contribution in [3.63, 3.8) is 0 Å². The van der Waals surface area contributed by atoms with Crippen molar-refractivity contribution < 1.29 is 13.9 Å². The summed E-state index contributed by atoms with van der Waals surface area (Å²) in [6.45, 7) is 4.02. The topological polar surface area (TPSA) is 98.3 Å². The Balaban J connectivity index is 1.33. The van der Waals surface area contributed by atoms with Crippen molar-refractivity contribution in [2.45, 2.75) is 42.8 Å². The molecule has 10 heteroatoms. The maximum Gasteiger partial charge on any atom is 0.230 e. The quantitative estimate of drug-likeness (QED) is 0.494. The van der Waals surface area contributed by atoms with Crippen molar-refractivity contribution in [3.05, 3.63) is 30.1 Å². The summed E-state index contributed by atoms with van der Waals surface area (Å²) in [4.78, 5) is 15.1. The number of benzene rings is 1. The van der Waals surface area contributed by atoms with E-state index in [0.717, 1.165) is 39.1 Å². The van der Waals surface area contributed by atoms with Crippen LogP contribution in [0, 0.1) is 5.82 Å².